The first-order valence-electron chi connectivity index (χ1n) is 6.58. The maximum Gasteiger partial charge on any atom is 0.160 e. The fourth-order valence-corrected chi connectivity index (χ4v) is 3.12. The molecule has 0 atom stereocenters. The Bertz CT molecular complexity index is 788. The summed E-state index contributed by atoms with van der Waals surface area (Å²) >= 11 is 1.53. The van der Waals surface area contributed by atoms with Gasteiger partial charge in [-0.2, -0.15) is 0 Å². The van der Waals surface area contributed by atoms with E-state index in [2.05, 4.69) is 14.5 Å². The first kappa shape index (κ1) is 12.0. The van der Waals surface area contributed by atoms with Crippen molar-refractivity contribution in [3.8, 4) is 11.5 Å². The van der Waals surface area contributed by atoms with Crippen LogP contribution < -0.4 is 5.73 Å². The van der Waals surface area contributed by atoms with Crippen LogP contribution in [0.1, 0.15) is 23.9 Å². The van der Waals surface area contributed by atoms with Crippen molar-refractivity contribution in [3.63, 3.8) is 0 Å². The molecule has 1 saturated carbocycles. The zero-order chi connectivity index (χ0) is 13.7. The van der Waals surface area contributed by atoms with Gasteiger partial charge in [-0.05, 0) is 25.0 Å². The van der Waals surface area contributed by atoms with Crippen molar-refractivity contribution in [2.45, 2.75) is 25.4 Å². The summed E-state index contributed by atoms with van der Waals surface area (Å²) in [6, 6.07) is 5.23. The highest BCUT2D eigenvalue weighted by molar-refractivity contribution is 7.09. The molecule has 1 aromatic carbocycles. The van der Waals surface area contributed by atoms with Crippen LogP contribution in [-0.2, 0) is 6.54 Å². The highest BCUT2D eigenvalue weighted by Gasteiger charge is 2.29. The summed E-state index contributed by atoms with van der Waals surface area (Å²) in [4.78, 5) is 9.08. The van der Waals surface area contributed by atoms with Crippen molar-refractivity contribution >= 4 is 22.4 Å². The quantitative estimate of drug-likeness (QED) is 0.805. The molecule has 2 heterocycles. The third-order valence-corrected chi connectivity index (χ3v) is 4.39. The molecule has 1 aliphatic rings. The number of thiazole rings is 1. The summed E-state index contributed by atoms with van der Waals surface area (Å²) in [5.41, 5.74) is 8.12. The molecule has 2 aromatic heterocycles. The van der Waals surface area contributed by atoms with Crippen molar-refractivity contribution in [3.05, 3.63) is 34.4 Å². The van der Waals surface area contributed by atoms with Gasteiger partial charge in [-0.3, -0.25) is 0 Å². The van der Waals surface area contributed by atoms with Crippen LogP contribution in [0.4, 0.5) is 4.39 Å². The first-order chi connectivity index (χ1) is 9.76. The molecule has 0 amide bonds. The van der Waals surface area contributed by atoms with Gasteiger partial charge in [0.05, 0.1) is 11.0 Å². The van der Waals surface area contributed by atoms with Crippen LogP contribution in [0.2, 0.25) is 0 Å². The minimum atomic E-state index is -0.259. The summed E-state index contributed by atoms with van der Waals surface area (Å²) in [5.74, 6) is 0.564. The molecule has 6 heteroatoms. The lowest BCUT2D eigenvalue weighted by atomic mass is 10.3. The normalized spacial score (nSPS) is 15.1. The minimum Gasteiger partial charge on any atom is -0.325 e. The Morgan fingerprint density at radius 3 is 2.90 bits per heavy atom. The molecule has 1 fully saturated rings. The summed E-state index contributed by atoms with van der Waals surface area (Å²) in [6.45, 7) is 0.433. The van der Waals surface area contributed by atoms with Crippen molar-refractivity contribution < 1.29 is 4.39 Å². The molecule has 0 saturated heterocycles. The van der Waals surface area contributed by atoms with Gasteiger partial charge in [-0.1, -0.05) is 0 Å². The average Bonchev–Trinajstić information content (AvgIpc) is 3.04. The number of nitrogens with zero attached hydrogens (tertiary/aromatic N) is 3. The van der Waals surface area contributed by atoms with E-state index in [1.54, 1.807) is 6.07 Å². The molecular formula is C14H13FN4S. The predicted molar refractivity (Wildman–Crippen MR) is 77.0 cm³/mol. The maximum atomic E-state index is 13.4. The van der Waals surface area contributed by atoms with Gasteiger partial charge in [0, 0.05) is 24.0 Å². The molecule has 102 valence electrons. The standard InChI is InChI=1S/C14H13FN4S/c15-8-1-4-12-10(5-8)18-14(19(12)9-2-3-9)11-7-20-13(6-16)17-11/h1,4-5,7,9H,2-3,6,16H2. The van der Waals surface area contributed by atoms with E-state index in [0.717, 1.165) is 34.9 Å². The summed E-state index contributed by atoms with van der Waals surface area (Å²) in [7, 11) is 0. The number of imidazole rings is 1. The number of halogens is 1. The molecule has 2 N–H and O–H groups in total. The Morgan fingerprint density at radius 2 is 2.20 bits per heavy atom. The van der Waals surface area contributed by atoms with E-state index >= 15 is 0 Å². The highest BCUT2D eigenvalue weighted by Crippen LogP contribution is 2.41. The van der Waals surface area contributed by atoms with Gasteiger partial charge in [0.25, 0.3) is 0 Å². The van der Waals surface area contributed by atoms with E-state index in [1.165, 1.54) is 23.5 Å². The van der Waals surface area contributed by atoms with Crippen molar-refractivity contribution in [2.24, 2.45) is 5.73 Å². The molecule has 3 aromatic rings. The van der Waals surface area contributed by atoms with Gasteiger partial charge < -0.3 is 10.3 Å². The van der Waals surface area contributed by atoms with Crippen LogP contribution in [0.25, 0.3) is 22.6 Å². The lowest BCUT2D eigenvalue weighted by molar-refractivity contribution is 0.629. The predicted octanol–water partition coefficient (Wildman–Crippen LogP) is 3.09. The number of hydrogen-bond acceptors (Lipinski definition) is 4. The fraction of sp³-hybridized carbons (Fsp3) is 0.286. The Balaban J connectivity index is 1.95. The van der Waals surface area contributed by atoms with Gasteiger partial charge in [0.2, 0.25) is 0 Å². The molecule has 0 unspecified atom stereocenters. The first-order valence-corrected chi connectivity index (χ1v) is 7.46. The van der Waals surface area contributed by atoms with Crippen LogP contribution in [0.3, 0.4) is 0 Å². The molecule has 4 rings (SSSR count). The van der Waals surface area contributed by atoms with Crippen molar-refractivity contribution in [2.75, 3.05) is 0 Å². The zero-order valence-corrected chi connectivity index (χ0v) is 11.5. The van der Waals surface area contributed by atoms with E-state index in [0.29, 0.717) is 18.1 Å². The Hall–Kier alpha value is -1.79. The summed E-state index contributed by atoms with van der Waals surface area (Å²) < 4.78 is 15.6. The number of hydrogen-bond donors (Lipinski definition) is 1. The molecule has 20 heavy (non-hydrogen) atoms. The van der Waals surface area contributed by atoms with Gasteiger partial charge in [-0.25, -0.2) is 14.4 Å². The number of fused-ring (bicyclic) bond motifs is 1. The van der Waals surface area contributed by atoms with Crippen LogP contribution in [-0.4, -0.2) is 14.5 Å². The Labute approximate surface area is 119 Å². The Kier molecular flexibility index (Phi) is 2.61. The van der Waals surface area contributed by atoms with Gasteiger partial charge in [0.1, 0.15) is 16.5 Å². The molecule has 0 spiro atoms. The largest absolute Gasteiger partial charge is 0.325 e. The molecule has 0 bridgehead atoms. The van der Waals surface area contributed by atoms with E-state index in [4.69, 9.17) is 5.73 Å². The summed E-state index contributed by atoms with van der Waals surface area (Å²) in [6.07, 6.45) is 2.29. The highest BCUT2D eigenvalue weighted by atomic mass is 32.1. The van der Waals surface area contributed by atoms with E-state index in [-0.39, 0.29) is 5.82 Å². The number of benzene rings is 1. The van der Waals surface area contributed by atoms with Gasteiger partial charge >= 0.3 is 0 Å². The van der Waals surface area contributed by atoms with Crippen molar-refractivity contribution in [1.82, 2.24) is 14.5 Å². The minimum absolute atomic E-state index is 0.259. The average molecular weight is 288 g/mol. The second-order valence-corrected chi connectivity index (χ2v) is 5.94. The molecule has 0 radical (unpaired) electrons. The second kappa shape index (κ2) is 4.36. The second-order valence-electron chi connectivity index (χ2n) is 5.00. The molecular weight excluding hydrogens is 275 g/mol. The van der Waals surface area contributed by atoms with Crippen LogP contribution in [0, 0.1) is 5.82 Å². The summed E-state index contributed by atoms with van der Waals surface area (Å²) in [5, 5.41) is 2.86. The smallest absolute Gasteiger partial charge is 0.160 e. The lowest BCUT2D eigenvalue weighted by Gasteiger charge is -2.05. The molecule has 1 aliphatic carbocycles. The third-order valence-electron chi connectivity index (χ3n) is 3.52. The maximum absolute atomic E-state index is 13.4. The van der Waals surface area contributed by atoms with Crippen LogP contribution >= 0.6 is 11.3 Å². The molecule has 4 nitrogen and oxygen atoms in total. The van der Waals surface area contributed by atoms with E-state index in [1.807, 2.05) is 5.38 Å². The number of rotatable bonds is 3. The SMILES string of the molecule is NCc1nc(-c2nc3cc(F)ccc3n2C2CC2)cs1. The topological polar surface area (TPSA) is 56.7 Å². The van der Waals surface area contributed by atoms with Crippen LogP contribution in [0.5, 0.6) is 0 Å². The van der Waals surface area contributed by atoms with E-state index < -0.39 is 0 Å². The number of aromatic nitrogens is 3. The monoisotopic (exact) mass is 288 g/mol. The Morgan fingerprint density at radius 1 is 1.35 bits per heavy atom. The lowest BCUT2D eigenvalue weighted by Crippen LogP contribution is -1.99. The fourth-order valence-electron chi connectivity index (χ4n) is 2.46. The van der Waals surface area contributed by atoms with Crippen LogP contribution in [0.15, 0.2) is 23.6 Å². The van der Waals surface area contributed by atoms with Crippen molar-refractivity contribution in [1.29, 1.82) is 0 Å². The van der Waals surface area contributed by atoms with E-state index in [9.17, 15) is 4.39 Å². The third kappa shape index (κ3) is 1.83. The van der Waals surface area contributed by atoms with Gasteiger partial charge in [0.15, 0.2) is 5.82 Å². The zero-order valence-electron chi connectivity index (χ0n) is 10.7. The number of nitrogens with two attached hydrogens (primary N) is 1. The molecule has 0 aliphatic heterocycles. The van der Waals surface area contributed by atoms with Gasteiger partial charge in [-0.15, -0.1) is 11.3 Å².